The number of halogens is 6. The standard InChI is InChI=1S/C2HF6NO4S2.K/c3-1(4,5)14(10,11)9-15(12,13)2(6,7)8;/h9H;/q;+1. The van der Waals surface area contributed by atoms with E-state index in [-0.39, 0.29) is 51.4 Å². The summed E-state index contributed by atoms with van der Waals surface area (Å²) >= 11 is 0. The third-order valence-electron chi connectivity index (χ3n) is 0.829. The Morgan fingerprint density at radius 1 is 0.688 bits per heavy atom. The Morgan fingerprint density at radius 3 is 1.00 bits per heavy atom. The molecule has 0 aliphatic heterocycles. The molecule has 0 radical (unpaired) electrons. The first-order valence-electron chi connectivity index (χ1n) is 2.62. The van der Waals surface area contributed by atoms with Gasteiger partial charge in [-0.25, -0.2) is 16.8 Å². The molecule has 0 aliphatic carbocycles. The molecule has 0 aliphatic rings. The molecule has 0 fully saturated rings. The summed E-state index contributed by atoms with van der Waals surface area (Å²) in [5.41, 5.74) is -12.3. The molecule has 0 atom stereocenters. The fourth-order valence-corrected chi connectivity index (χ4v) is 2.15. The Hall–Kier alpha value is 1.08. The summed E-state index contributed by atoms with van der Waals surface area (Å²) < 4.78 is 108. The van der Waals surface area contributed by atoms with Crippen LogP contribution in [-0.2, 0) is 20.0 Å². The monoisotopic (exact) mass is 320 g/mol. The first-order chi connectivity index (χ1) is 6.21. The molecule has 0 aromatic heterocycles. The van der Waals surface area contributed by atoms with E-state index in [0.29, 0.717) is 0 Å². The molecule has 0 amide bonds. The second-order valence-corrected chi connectivity index (χ2v) is 5.59. The Morgan fingerprint density at radius 2 is 0.875 bits per heavy atom. The molecule has 1 N–H and O–H groups in total. The maximum atomic E-state index is 11.5. The molecule has 16 heavy (non-hydrogen) atoms. The van der Waals surface area contributed by atoms with Crippen molar-refractivity contribution in [2.45, 2.75) is 11.0 Å². The van der Waals surface area contributed by atoms with Crippen LogP contribution in [0.15, 0.2) is 0 Å². The van der Waals surface area contributed by atoms with E-state index in [1.54, 1.807) is 0 Å². The number of sulfonamides is 2. The third-order valence-corrected chi connectivity index (χ3v) is 3.80. The van der Waals surface area contributed by atoms with Crippen LogP contribution in [0.1, 0.15) is 0 Å². The van der Waals surface area contributed by atoms with Crippen molar-refractivity contribution in [3.63, 3.8) is 0 Å². The molecule has 0 bridgehead atoms. The van der Waals surface area contributed by atoms with Gasteiger partial charge in [0.05, 0.1) is 0 Å². The van der Waals surface area contributed by atoms with Gasteiger partial charge < -0.3 is 0 Å². The molecule has 0 heterocycles. The van der Waals surface area contributed by atoms with E-state index in [1.807, 2.05) is 0 Å². The van der Waals surface area contributed by atoms with Crippen LogP contribution in [0.2, 0.25) is 0 Å². The Balaban J connectivity index is 0. The van der Waals surface area contributed by atoms with E-state index in [0.717, 1.165) is 0 Å². The fraction of sp³-hybridized carbons (Fsp3) is 1.00. The van der Waals surface area contributed by atoms with Crippen LogP contribution >= 0.6 is 0 Å². The van der Waals surface area contributed by atoms with Gasteiger partial charge in [-0.2, -0.15) is 26.3 Å². The summed E-state index contributed by atoms with van der Waals surface area (Å²) in [4.78, 5) is 0. The summed E-state index contributed by atoms with van der Waals surface area (Å²) in [6.07, 6.45) is 0. The number of hydrogen-bond donors (Lipinski definition) is 1. The van der Waals surface area contributed by atoms with Crippen LogP contribution in [0, 0.1) is 0 Å². The molecule has 92 valence electrons. The Labute approximate surface area is 128 Å². The Kier molecular flexibility index (Phi) is 6.52. The molecule has 0 spiro atoms. The molecule has 0 aromatic carbocycles. The predicted molar refractivity (Wildman–Crippen MR) is 33.1 cm³/mol. The Bertz CT molecular complexity index is 390. The zero-order valence-corrected chi connectivity index (χ0v) is 12.0. The summed E-state index contributed by atoms with van der Waals surface area (Å²) in [7, 11) is -13.2. The summed E-state index contributed by atoms with van der Waals surface area (Å²) in [6.45, 7) is 0. The quantitative estimate of drug-likeness (QED) is 0.443. The van der Waals surface area contributed by atoms with E-state index in [9.17, 15) is 43.2 Å². The summed E-state index contributed by atoms with van der Waals surface area (Å²) in [5, 5.41) is 0. The average Bonchev–Trinajstić information content (AvgIpc) is 1.77. The van der Waals surface area contributed by atoms with Crippen LogP contribution < -0.4 is 55.5 Å². The number of alkyl halides is 6. The fourth-order valence-electron chi connectivity index (χ4n) is 0.239. The van der Waals surface area contributed by atoms with Crippen molar-refractivity contribution < 1.29 is 94.6 Å². The molecule has 0 rings (SSSR count). The van der Waals surface area contributed by atoms with Gasteiger partial charge in [-0.05, 0) is 0 Å². The molecule has 5 nitrogen and oxygen atoms in total. The van der Waals surface area contributed by atoms with Crippen molar-refractivity contribution in [2.75, 3.05) is 0 Å². The van der Waals surface area contributed by atoms with Gasteiger partial charge in [0, 0.05) is 0 Å². The van der Waals surface area contributed by atoms with Gasteiger partial charge in [0.2, 0.25) is 0 Å². The maximum Gasteiger partial charge on any atom is 1.00 e. The van der Waals surface area contributed by atoms with Crippen LogP contribution in [0.25, 0.3) is 0 Å². The van der Waals surface area contributed by atoms with Crippen molar-refractivity contribution in [1.29, 1.82) is 0 Å². The number of nitrogens with one attached hydrogen (secondary N) is 1. The maximum absolute atomic E-state index is 11.5. The van der Waals surface area contributed by atoms with E-state index in [1.165, 1.54) is 0 Å². The van der Waals surface area contributed by atoms with Crippen molar-refractivity contribution in [1.82, 2.24) is 4.13 Å². The van der Waals surface area contributed by atoms with E-state index in [4.69, 9.17) is 0 Å². The first kappa shape index (κ1) is 19.4. The zero-order valence-electron chi connectivity index (χ0n) is 7.22. The van der Waals surface area contributed by atoms with Gasteiger partial charge in [-0.1, -0.05) is 4.13 Å². The second kappa shape index (κ2) is 5.37. The summed E-state index contributed by atoms with van der Waals surface area (Å²) in [5.74, 6) is 0. The average molecular weight is 320 g/mol. The van der Waals surface area contributed by atoms with Crippen LogP contribution in [0.4, 0.5) is 26.3 Å². The molecular weight excluding hydrogens is 319 g/mol. The van der Waals surface area contributed by atoms with Gasteiger partial charge in [0.15, 0.2) is 0 Å². The molecule has 0 saturated carbocycles. The topological polar surface area (TPSA) is 80.3 Å². The molecule has 0 aromatic rings. The second-order valence-electron chi connectivity index (χ2n) is 1.98. The third kappa shape index (κ3) is 4.75. The van der Waals surface area contributed by atoms with E-state index in [2.05, 4.69) is 0 Å². The molecule has 0 unspecified atom stereocenters. The zero-order chi connectivity index (χ0) is 12.7. The van der Waals surface area contributed by atoms with E-state index >= 15 is 0 Å². The van der Waals surface area contributed by atoms with Crippen molar-refractivity contribution in [3.8, 4) is 0 Å². The minimum absolute atomic E-state index is 0. The van der Waals surface area contributed by atoms with Gasteiger partial charge >= 0.3 is 82.4 Å². The molecule has 14 heteroatoms. The van der Waals surface area contributed by atoms with Gasteiger partial charge in [-0.3, -0.25) is 0 Å². The van der Waals surface area contributed by atoms with Crippen molar-refractivity contribution >= 4 is 20.0 Å². The molecular formula is C2HF6KNO4S2+. The van der Waals surface area contributed by atoms with Crippen LogP contribution in [-0.4, -0.2) is 27.9 Å². The minimum Gasteiger partial charge on any atom is -0.202 e. The van der Waals surface area contributed by atoms with Crippen molar-refractivity contribution in [2.24, 2.45) is 0 Å². The normalized spacial score (nSPS) is 14.4. The minimum atomic E-state index is -6.60. The van der Waals surface area contributed by atoms with Gasteiger partial charge in [0.25, 0.3) is 0 Å². The van der Waals surface area contributed by atoms with Gasteiger partial charge in [-0.15, -0.1) is 0 Å². The van der Waals surface area contributed by atoms with E-state index < -0.39 is 35.2 Å². The smallest absolute Gasteiger partial charge is 0.202 e. The predicted octanol–water partition coefficient (Wildman–Crippen LogP) is -2.72. The number of hydrogen-bond acceptors (Lipinski definition) is 4. The van der Waals surface area contributed by atoms with Gasteiger partial charge in [0.1, 0.15) is 0 Å². The largest absolute Gasteiger partial charge is 1.00 e. The summed E-state index contributed by atoms with van der Waals surface area (Å²) in [6, 6.07) is 0. The van der Waals surface area contributed by atoms with Crippen LogP contribution in [0.5, 0.6) is 0 Å². The SMILES string of the molecule is O=S(=O)(NS(=O)(=O)C(F)(F)F)C(F)(F)F.[K+]. The first-order valence-corrected chi connectivity index (χ1v) is 5.58. The number of rotatable bonds is 2. The van der Waals surface area contributed by atoms with Crippen molar-refractivity contribution in [3.05, 3.63) is 0 Å². The molecule has 0 saturated heterocycles. The van der Waals surface area contributed by atoms with Crippen LogP contribution in [0.3, 0.4) is 0 Å².